The van der Waals surface area contributed by atoms with Gasteiger partial charge in [0.15, 0.2) is 0 Å². The van der Waals surface area contributed by atoms with Crippen molar-refractivity contribution in [2.75, 3.05) is 7.05 Å². The summed E-state index contributed by atoms with van der Waals surface area (Å²) in [6, 6.07) is 0. The van der Waals surface area contributed by atoms with Gasteiger partial charge in [-0.3, -0.25) is 0 Å². The molecule has 0 aromatic rings. The van der Waals surface area contributed by atoms with Crippen LogP contribution < -0.4 is 5.32 Å². The van der Waals surface area contributed by atoms with Crippen molar-refractivity contribution in [1.82, 2.24) is 5.32 Å². The Bertz CT molecular complexity index is 314. The van der Waals surface area contributed by atoms with Crippen molar-refractivity contribution in [3.8, 4) is 0 Å². The van der Waals surface area contributed by atoms with Gasteiger partial charge in [0.25, 0.3) is 0 Å². The van der Waals surface area contributed by atoms with E-state index in [0.29, 0.717) is 5.41 Å². The molecule has 0 aliphatic heterocycles. The predicted octanol–water partition coefficient (Wildman–Crippen LogP) is 10.7. The van der Waals surface area contributed by atoms with Crippen LogP contribution in [0.15, 0.2) is 37.6 Å². The van der Waals surface area contributed by atoms with Crippen LogP contribution in [0.4, 0.5) is 0 Å². The van der Waals surface area contributed by atoms with E-state index in [1.807, 2.05) is 55.5 Å². The standard InChI is InChI=1S/C10H20.C7H14.C4H9N.3C2H6.C2H4/c1-8(2)7-9(3)10(4,5)6;1-6-3-4-7(2)5-6;1-4(2)5-3;4*1-2/h9H,1,7H2,2-6H3;6-7H,3-5H2,1-2H3;5H,1H2,2-3H3;3*1-2H3;1-2H2/t;6-,7?;;;;;/m.0...../s1. The molecule has 30 heavy (non-hydrogen) atoms. The van der Waals surface area contributed by atoms with Crippen LogP contribution in [0.3, 0.4) is 0 Å². The van der Waals surface area contributed by atoms with Gasteiger partial charge in [-0.2, -0.15) is 0 Å². The van der Waals surface area contributed by atoms with Crippen LogP contribution in [0.1, 0.15) is 123 Å². The topological polar surface area (TPSA) is 12.0 Å². The summed E-state index contributed by atoms with van der Waals surface area (Å²) < 4.78 is 0. The van der Waals surface area contributed by atoms with E-state index in [0.717, 1.165) is 29.9 Å². The van der Waals surface area contributed by atoms with E-state index in [2.05, 4.69) is 80.1 Å². The van der Waals surface area contributed by atoms with Crippen LogP contribution in [0, 0.1) is 23.2 Å². The number of rotatable bonds is 3. The largest absolute Gasteiger partial charge is 0.392 e. The summed E-state index contributed by atoms with van der Waals surface area (Å²) in [7, 11) is 1.85. The molecule has 186 valence electrons. The highest BCUT2D eigenvalue weighted by Gasteiger charge is 2.19. The highest BCUT2D eigenvalue weighted by atomic mass is 14.8. The molecule has 2 unspecified atom stereocenters. The minimum Gasteiger partial charge on any atom is -0.392 e. The van der Waals surface area contributed by atoms with E-state index in [9.17, 15) is 0 Å². The van der Waals surface area contributed by atoms with E-state index < -0.39 is 0 Å². The van der Waals surface area contributed by atoms with Gasteiger partial charge < -0.3 is 5.32 Å². The Hall–Kier alpha value is -0.980. The molecule has 0 radical (unpaired) electrons. The molecule has 0 aromatic carbocycles. The number of nitrogens with one attached hydrogen (secondary N) is 1. The molecule has 1 fully saturated rings. The van der Waals surface area contributed by atoms with Crippen LogP contribution >= 0.6 is 0 Å². The molecule has 0 bridgehead atoms. The van der Waals surface area contributed by atoms with Gasteiger partial charge in [0.2, 0.25) is 0 Å². The average molecular weight is 428 g/mol. The summed E-state index contributed by atoms with van der Waals surface area (Å²) in [4.78, 5) is 0. The second kappa shape index (κ2) is 32.7. The Morgan fingerprint density at radius 3 is 1.20 bits per heavy atom. The predicted molar refractivity (Wildman–Crippen MR) is 149 cm³/mol. The summed E-state index contributed by atoms with van der Waals surface area (Å²) in [5.74, 6) is 2.79. The summed E-state index contributed by atoms with van der Waals surface area (Å²) in [6.07, 6.45) is 5.58. The maximum atomic E-state index is 3.91. The van der Waals surface area contributed by atoms with E-state index in [-0.39, 0.29) is 0 Å². The molecule has 1 rings (SSSR count). The SMILES string of the molecule is C=C.C=C(C)CC(C)C(C)(C)C.C=C(C)NC.CC.CC.CC.CC1CC[C@H](C)C1. The van der Waals surface area contributed by atoms with Crippen LogP contribution in [-0.4, -0.2) is 7.05 Å². The quantitative estimate of drug-likeness (QED) is 0.441. The molecule has 1 nitrogen and oxygen atoms in total. The Kier molecular flexibility index (Phi) is 46.8. The lowest BCUT2D eigenvalue weighted by Crippen LogP contribution is -2.17. The first-order chi connectivity index (χ1) is 13.9. The fraction of sp³-hybridized carbons (Fsp3) is 0.793. The second-order valence-corrected chi connectivity index (χ2v) is 8.48. The summed E-state index contributed by atoms with van der Waals surface area (Å²) in [5, 5.41) is 2.83. The number of allylic oxidation sites excluding steroid dienone is 2. The van der Waals surface area contributed by atoms with Crippen molar-refractivity contribution >= 4 is 0 Å². The highest BCUT2D eigenvalue weighted by molar-refractivity contribution is 4.91. The third-order valence-corrected chi connectivity index (χ3v) is 4.52. The zero-order chi connectivity index (χ0) is 25.9. The molecule has 0 amide bonds. The van der Waals surface area contributed by atoms with Crippen molar-refractivity contribution in [3.05, 3.63) is 37.6 Å². The molecular weight excluding hydrogens is 362 g/mol. The Morgan fingerprint density at radius 1 is 0.867 bits per heavy atom. The van der Waals surface area contributed by atoms with Gasteiger partial charge >= 0.3 is 0 Å². The molecule has 1 N–H and O–H groups in total. The van der Waals surface area contributed by atoms with E-state index >= 15 is 0 Å². The zero-order valence-corrected chi connectivity index (χ0v) is 24.4. The van der Waals surface area contributed by atoms with Crippen molar-refractivity contribution in [3.63, 3.8) is 0 Å². The van der Waals surface area contributed by atoms with E-state index in [1.165, 1.54) is 24.8 Å². The first-order valence-electron chi connectivity index (χ1n) is 12.4. The van der Waals surface area contributed by atoms with Crippen LogP contribution in [-0.2, 0) is 0 Å². The molecule has 1 aliphatic carbocycles. The lowest BCUT2D eigenvalue weighted by Gasteiger charge is -2.27. The van der Waals surface area contributed by atoms with Gasteiger partial charge in [-0.05, 0) is 55.6 Å². The van der Waals surface area contributed by atoms with Gasteiger partial charge in [0.05, 0.1) is 0 Å². The van der Waals surface area contributed by atoms with Crippen LogP contribution in [0.2, 0.25) is 0 Å². The maximum absolute atomic E-state index is 3.91. The monoisotopic (exact) mass is 428 g/mol. The average Bonchev–Trinajstić information content (AvgIpc) is 3.10. The molecule has 0 heterocycles. The van der Waals surface area contributed by atoms with Crippen molar-refractivity contribution in [2.24, 2.45) is 23.2 Å². The molecule has 1 heteroatoms. The fourth-order valence-corrected chi connectivity index (χ4v) is 2.32. The second-order valence-electron chi connectivity index (χ2n) is 8.48. The minimum absolute atomic E-state index is 0.430. The molecule has 1 aliphatic rings. The van der Waals surface area contributed by atoms with Crippen molar-refractivity contribution < 1.29 is 0 Å². The van der Waals surface area contributed by atoms with E-state index in [4.69, 9.17) is 0 Å². The molecule has 0 spiro atoms. The van der Waals surface area contributed by atoms with Gasteiger partial charge in [0, 0.05) is 7.05 Å². The maximum Gasteiger partial charge on any atom is 0.00299 e. The highest BCUT2D eigenvalue weighted by Crippen LogP contribution is 2.30. The molecular formula is C29H65N. The zero-order valence-electron chi connectivity index (χ0n) is 24.4. The van der Waals surface area contributed by atoms with Gasteiger partial charge in [-0.25, -0.2) is 0 Å². The summed E-state index contributed by atoms with van der Waals surface area (Å²) >= 11 is 0. The van der Waals surface area contributed by atoms with Crippen LogP contribution in [0.25, 0.3) is 0 Å². The molecule has 3 atom stereocenters. The Balaban J connectivity index is -0.0000000634. The fourth-order valence-electron chi connectivity index (χ4n) is 2.32. The lowest BCUT2D eigenvalue weighted by atomic mass is 9.79. The minimum atomic E-state index is 0.430. The summed E-state index contributed by atoms with van der Waals surface area (Å²) in [6.45, 7) is 43.3. The van der Waals surface area contributed by atoms with Gasteiger partial charge in [0.1, 0.15) is 0 Å². The normalized spacial score (nSPS) is 16.6. The molecule has 0 aromatic heterocycles. The third-order valence-electron chi connectivity index (χ3n) is 4.52. The Labute approximate surface area is 195 Å². The molecule has 0 saturated heterocycles. The third kappa shape index (κ3) is 45.6. The van der Waals surface area contributed by atoms with Crippen LogP contribution in [0.5, 0.6) is 0 Å². The first kappa shape index (κ1) is 43.0. The smallest absolute Gasteiger partial charge is 0.00299 e. The van der Waals surface area contributed by atoms with Gasteiger partial charge in [-0.1, -0.05) is 108 Å². The van der Waals surface area contributed by atoms with Gasteiger partial charge in [-0.15, -0.1) is 19.7 Å². The van der Waals surface area contributed by atoms with Crippen molar-refractivity contribution in [2.45, 2.75) is 123 Å². The number of hydrogen-bond acceptors (Lipinski definition) is 1. The van der Waals surface area contributed by atoms with Crippen molar-refractivity contribution in [1.29, 1.82) is 0 Å². The lowest BCUT2D eigenvalue weighted by molar-refractivity contribution is 0.260. The Morgan fingerprint density at radius 2 is 1.13 bits per heavy atom. The number of hydrogen-bond donors (Lipinski definition) is 1. The first-order valence-corrected chi connectivity index (χ1v) is 12.4. The van der Waals surface area contributed by atoms with E-state index in [1.54, 1.807) is 0 Å². The summed E-state index contributed by atoms with van der Waals surface area (Å²) in [5.41, 5.74) is 2.73. The molecule has 1 saturated carbocycles.